The zero-order valence-corrected chi connectivity index (χ0v) is 14.2. The summed E-state index contributed by atoms with van der Waals surface area (Å²) in [5.41, 5.74) is 3.56. The minimum Gasteiger partial charge on any atom is -0.493 e. The Hall–Kier alpha value is -0.770. The Bertz CT molecular complexity index is 470. The first kappa shape index (κ1) is 16.6. The SMILES string of the molecule is CCCOc1cc(C)c(Cl)c(C)c1CCN1CCNCC1. The van der Waals surface area contributed by atoms with Crippen molar-refractivity contribution >= 4 is 11.6 Å². The van der Waals surface area contributed by atoms with Gasteiger partial charge in [0, 0.05) is 37.7 Å². The van der Waals surface area contributed by atoms with Crippen LogP contribution >= 0.6 is 11.6 Å². The number of nitrogens with zero attached hydrogens (tertiary/aromatic N) is 1. The molecule has 0 radical (unpaired) electrons. The molecular weight excluding hydrogens is 284 g/mol. The van der Waals surface area contributed by atoms with E-state index >= 15 is 0 Å². The molecule has 0 amide bonds. The molecule has 0 spiro atoms. The zero-order valence-electron chi connectivity index (χ0n) is 13.5. The molecule has 0 unspecified atom stereocenters. The fourth-order valence-electron chi connectivity index (χ4n) is 2.82. The van der Waals surface area contributed by atoms with Crippen molar-refractivity contribution in [1.29, 1.82) is 0 Å². The van der Waals surface area contributed by atoms with Crippen molar-refractivity contribution in [3.05, 3.63) is 27.8 Å². The molecule has 0 aliphatic carbocycles. The summed E-state index contributed by atoms with van der Waals surface area (Å²) in [7, 11) is 0. The van der Waals surface area contributed by atoms with Gasteiger partial charge in [-0.1, -0.05) is 18.5 Å². The number of nitrogens with one attached hydrogen (secondary N) is 1. The average molecular weight is 311 g/mol. The van der Waals surface area contributed by atoms with Gasteiger partial charge in [0.1, 0.15) is 5.75 Å². The first-order chi connectivity index (χ1) is 10.1. The van der Waals surface area contributed by atoms with Gasteiger partial charge in [-0.15, -0.1) is 0 Å². The Morgan fingerprint density at radius 2 is 2.00 bits per heavy atom. The molecule has 21 heavy (non-hydrogen) atoms. The minimum atomic E-state index is 0.765. The Balaban J connectivity index is 2.12. The summed E-state index contributed by atoms with van der Waals surface area (Å²) in [6.45, 7) is 12.6. The number of piperazine rings is 1. The van der Waals surface area contributed by atoms with Crippen LogP contribution in [0.2, 0.25) is 5.02 Å². The largest absolute Gasteiger partial charge is 0.493 e. The quantitative estimate of drug-likeness (QED) is 0.873. The maximum Gasteiger partial charge on any atom is 0.123 e. The molecule has 2 rings (SSSR count). The lowest BCUT2D eigenvalue weighted by molar-refractivity contribution is 0.242. The Kier molecular flexibility index (Phi) is 6.34. The lowest BCUT2D eigenvalue weighted by Crippen LogP contribution is -2.44. The summed E-state index contributed by atoms with van der Waals surface area (Å²) < 4.78 is 5.95. The van der Waals surface area contributed by atoms with Gasteiger partial charge in [0.2, 0.25) is 0 Å². The predicted molar refractivity (Wildman–Crippen MR) is 89.7 cm³/mol. The van der Waals surface area contributed by atoms with Crippen LogP contribution in [-0.2, 0) is 6.42 Å². The molecule has 1 fully saturated rings. The van der Waals surface area contributed by atoms with Crippen molar-refractivity contribution in [2.75, 3.05) is 39.3 Å². The van der Waals surface area contributed by atoms with Gasteiger partial charge in [-0.25, -0.2) is 0 Å². The number of hydrogen-bond acceptors (Lipinski definition) is 3. The Morgan fingerprint density at radius 3 is 2.67 bits per heavy atom. The number of aryl methyl sites for hydroxylation is 1. The Morgan fingerprint density at radius 1 is 1.29 bits per heavy atom. The summed E-state index contributed by atoms with van der Waals surface area (Å²) >= 11 is 6.43. The van der Waals surface area contributed by atoms with Crippen molar-refractivity contribution in [2.24, 2.45) is 0 Å². The van der Waals surface area contributed by atoms with Crippen molar-refractivity contribution in [2.45, 2.75) is 33.6 Å². The van der Waals surface area contributed by atoms with E-state index in [9.17, 15) is 0 Å². The van der Waals surface area contributed by atoms with Crippen molar-refractivity contribution in [3.8, 4) is 5.75 Å². The molecule has 1 heterocycles. The van der Waals surface area contributed by atoms with Crippen molar-refractivity contribution < 1.29 is 4.74 Å². The molecule has 0 aromatic heterocycles. The van der Waals surface area contributed by atoms with Gasteiger partial charge in [0.25, 0.3) is 0 Å². The third-order valence-electron chi connectivity index (χ3n) is 4.12. The fourth-order valence-corrected chi connectivity index (χ4v) is 2.98. The van der Waals surface area contributed by atoms with E-state index < -0.39 is 0 Å². The third-order valence-corrected chi connectivity index (χ3v) is 4.70. The summed E-state index contributed by atoms with van der Waals surface area (Å²) in [5.74, 6) is 1.02. The standard InChI is InChI=1S/C17H27ClN2O/c1-4-11-21-16-12-13(2)17(18)14(3)15(16)5-8-20-9-6-19-7-10-20/h12,19H,4-11H2,1-3H3. The average Bonchev–Trinajstić information content (AvgIpc) is 2.51. The molecule has 0 atom stereocenters. The molecular formula is C17H27ClN2O. The van der Waals surface area contributed by atoms with E-state index in [1.54, 1.807) is 0 Å². The second-order valence-corrected chi connectivity index (χ2v) is 6.18. The van der Waals surface area contributed by atoms with E-state index in [-0.39, 0.29) is 0 Å². The first-order valence-electron chi connectivity index (χ1n) is 7.98. The topological polar surface area (TPSA) is 24.5 Å². The van der Waals surface area contributed by atoms with E-state index in [1.807, 2.05) is 6.92 Å². The molecule has 1 aromatic rings. The van der Waals surface area contributed by atoms with E-state index in [0.717, 1.165) is 68.5 Å². The van der Waals surface area contributed by atoms with Crippen LogP contribution in [-0.4, -0.2) is 44.2 Å². The van der Waals surface area contributed by atoms with Crippen LogP contribution in [0.3, 0.4) is 0 Å². The van der Waals surface area contributed by atoms with Crippen LogP contribution in [0, 0.1) is 13.8 Å². The highest BCUT2D eigenvalue weighted by molar-refractivity contribution is 6.32. The van der Waals surface area contributed by atoms with Gasteiger partial charge in [-0.2, -0.15) is 0 Å². The number of ether oxygens (including phenoxy) is 1. The van der Waals surface area contributed by atoms with E-state index in [0.29, 0.717) is 0 Å². The van der Waals surface area contributed by atoms with Gasteiger partial charge in [0.05, 0.1) is 6.61 Å². The van der Waals surface area contributed by atoms with Crippen LogP contribution < -0.4 is 10.1 Å². The maximum atomic E-state index is 6.43. The lowest BCUT2D eigenvalue weighted by Gasteiger charge is -2.28. The highest BCUT2D eigenvalue weighted by Gasteiger charge is 2.15. The monoisotopic (exact) mass is 310 g/mol. The number of hydrogen-bond donors (Lipinski definition) is 1. The van der Waals surface area contributed by atoms with Crippen LogP contribution in [0.5, 0.6) is 5.75 Å². The lowest BCUT2D eigenvalue weighted by atomic mass is 10.0. The summed E-state index contributed by atoms with van der Waals surface area (Å²) in [4.78, 5) is 2.51. The highest BCUT2D eigenvalue weighted by atomic mass is 35.5. The van der Waals surface area contributed by atoms with E-state index in [4.69, 9.17) is 16.3 Å². The predicted octanol–water partition coefficient (Wildman–Crippen LogP) is 3.19. The van der Waals surface area contributed by atoms with Crippen molar-refractivity contribution in [1.82, 2.24) is 10.2 Å². The highest BCUT2D eigenvalue weighted by Crippen LogP contribution is 2.32. The van der Waals surface area contributed by atoms with E-state index in [2.05, 4.69) is 30.1 Å². The zero-order chi connectivity index (χ0) is 15.2. The van der Waals surface area contributed by atoms with Crippen LogP contribution in [0.4, 0.5) is 0 Å². The normalized spacial score (nSPS) is 16.2. The second-order valence-electron chi connectivity index (χ2n) is 5.80. The van der Waals surface area contributed by atoms with Crippen molar-refractivity contribution in [3.63, 3.8) is 0 Å². The first-order valence-corrected chi connectivity index (χ1v) is 8.35. The smallest absolute Gasteiger partial charge is 0.123 e. The van der Waals surface area contributed by atoms with Gasteiger partial charge >= 0.3 is 0 Å². The number of rotatable bonds is 6. The molecule has 4 heteroatoms. The van der Waals surface area contributed by atoms with Gasteiger partial charge in [-0.05, 0) is 49.4 Å². The number of halogens is 1. The minimum absolute atomic E-state index is 0.765. The summed E-state index contributed by atoms with van der Waals surface area (Å²) in [6, 6.07) is 2.10. The molecule has 3 nitrogen and oxygen atoms in total. The van der Waals surface area contributed by atoms with Gasteiger partial charge in [0.15, 0.2) is 0 Å². The molecule has 1 saturated heterocycles. The molecule has 1 aromatic carbocycles. The van der Waals surface area contributed by atoms with Crippen LogP contribution in [0.15, 0.2) is 6.07 Å². The summed E-state index contributed by atoms with van der Waals surface area (Å²) in [6.07, 6.45) is 2.03. The molecule has 118 valence electrons. The van der Waals surface area contributed by atoms with Crippen LogP contribution in [0.25, 0.3) is 0 Å². The Labute approximate surface area is 133 Å². The number of benzene rings is 1. The molecule has 0 bridgehead atoms. The second kappa shape index (κ2) is 8.02. The molecule has 0 saturated carbocycles. The third kappa shape index (κ3) is 4.35. The fraction of sp³-hybridized carbons (Fsp3) is 0.647. The summed E-state index contributed by atoms with van der Waals surface area (Å²) in [5, 5.41) is 4.28. The maximum absolute atomic E-state index is 6.43. The van der Waals surface area contributed by atoms with Crippen LogP contribution in [0.1, 0.15) is 30.0 Å². The molecule has 1 aliphatic heterocycles. The van der Waals surface area contributed by atoms with E-state index in [1.165, 1.54) is 11.1 Å². The molecule has 1 N–H and O–H groups in total. The van der Waals surface area contributed by atoms with Gasteiger partial charge in [-0.3, -0.25) is 0 Å². The van der Waals surface area contributed by atoms with Gasteiger partial charge < -0.3 is 15.0 Å². The molecule has 1 aliphatic rings.